The van der Waals surface area contributed by atoms with Crippen molar-refractivity contribution in [3.05, 3.63) is 79.4 Å². The number of rotatable bonds is 1. The number of fused-ring (bicyclic) bond motifs is 1. The Kier molecular flexibility index (Phi) is 7.49. The molecule has 1 heteroatoms. The molecule has 0 heterocycles. The van der Waals surface area contributed by atoms with E-state index < -0.39 is 0 Å². The van der Waals surface area contributed by atoms with Gasteiger partial charge in [-0.05, 0) is 47.0 Å². The molecule has 1 nitrogen and oxygen atoms in total. The molecule has 0 amide bonds. The van der Waals surface area contributed by atoms with Gasteiger partial charge in [0.25, 0.3) is 0 Å². The average molecular weight is 291 g/mol. The van der Waals surface area contributed by atoms with Gasteiger partial charge in [0.15, 0.2) is 0 Å². The fourth-order valence-electron chi connectivity index (χ4n) is 2.04. The van der Waals surface area contributed by atoms with Crippen LogP contribution >= 0.6 is 0 Å². The Labute approximate surface area is 134 Å². The first-order valence-corrected chi connectivity index (χ1v) is 7.66. The molecule has 0 unspecified atom stereocenters. The van der Waals surface area contributed by atoms with Gasteiger partial charge < -0.3 is 5.73 Å². The minimum atomic E-state index is 0.800. The highest BCUT2D eigenvalue weighted by molar-refractivity contribution is 5.87. The minimum absolute atomic E-state index is 0.800. The summed E-state index contributed by atoms with van der Waals surface area (Å²) < 4.78 is 0. The molecule has 0 saturated carbocycles. The first kappa shape index (κ1) is 17.5. The zero-order valence-corrected chi connectivity index (χ0v) is 13.7. The van der Waals surface area contributed by atoms with Crippen molar-refractivity contribution in [2.45, 2.75) is 20.8 Å². The Bertz CT molecular complexity index is 696. The largest absolute Gasteiger partial charge is 0.399 e. The van der Waals surface area contributed by atoms with Crippen molar-refractivity contribution in [2.24, 2.45) is 0 Å². The summed E-state index contributed by atoms with van der Waals surface area (Å²) in [4.78, 5) is 0. The van der Waals surface area contributed by atoms with E-state index in [2.05, 4.69) is 61.2 Å². The predicted octanol–water partition coefficient (Wildman–Crippen LogP) is 6.31. The van der Waals surface area contributed by atoms with Crippen LogP contribution in [0.5, 0.6) is 0 Å². The van der Waals surface area contributed by atoms with Gasteiger partial charge in [-0.15, -0.1) is 6.58 Å². The standard InChI is InChI=1S/C16H13N.C3H6.C2H6/c17-16-9-7-13(8-10-16)15-6-5-12-3-1-2-4-14(12)11-15;1-3-2;1-2/h1-11H,17H2;3H,1H2,2H3;1-2H3. The molecule has 0 spiro atoms. The molecule has 0 saturated heterocycles. The number of anilines is 1. The van der Waals surface area contributed by atoms with Crippen molar-refractivity contribution >= 4 is 16.5 Å². The minimum Gasteiger partial charge on any atom is -0.399 e. The van der Waals surface area contributed by atoms with Crippen molar-refractivity contribution in [3.63, 3.8) is 0 Å². The topological polar surface area (TPSA) is 26.0 Å². The lowest BCUT2D eigenvalue weighted by Gasteiger charge is -2.04. The number of benzene rings is 3. The van der Waals surface area contributed by atoms with Crippen LogP contribution in [0.3, 0.4) is 0 Å². The van der Waals surface area contributed by atoms with E-state index in [-0.39, 0.29) is 0 Å². The molecular weight excluding hydrogens is 266 g/mol. The van der Waals surface area contributed by atoms with E-state index in [1.807, 2.05) is 32.9 Å². The van der Waals surface area contributed by atoms with Gasteiger partial charge in [-0.2, -0.15) is 0 Å². The molecule has 0 fully saturated rings. The van der Waals surface area contributed by atoms with Gasteiger partial charge >= 0.3 is 0 Å². The molecule has 0 aliphatic heterocycles. The second-order valence-corrected chi connectivity index (χ2v) is 4.59. The van der Waals surface area contributed by atoms with Gasteiger partial charge in [-0.1, -0.05) is 68.5 Å². The lowest BCUT2D eigenvalue weighted by Crippen LogP contribution is -1.84. The fourth-order valence-corrected chi connectivity index (χ4v) is 2.04. The Hall–Kier alpha value is -2.54. The maximum absolute atomic E-state index is 5.70. The Morgan fingerprint density at radius 1 is 0.773 bits per heavy atom. The summed E-state index contributed by atoms with van der Waals surface area (Å²) in [6.45, 7) is 9.25. The second-order valence-electron chi connectivity index (χ2n) is 4.59. The van der Waals surface area contributed by atoms with Crippen LogP contribution in [0, 0.1) is 0 Å². The van der Waals surface area contributed by atoms with Gasteiger partial charge in [0.05, 0.1) is 0 Å². The molecular formula is C21H25N. The third kappa shape index (κ3) is 4.78. The average Bonchev–Trinajstić information content (AvgIpc) is 2.58. The number of hydrogen-bond donors (Lipinski definition) is 1. The zero-order chi connectivity index (χ0) is 16.4. The first-order chi connectivity index (χ1) is 10.7. The number of hydrogen-bond acceptors (Lipinski definition) is 1. The van der Waals surface area contributed by atoms with E-state index in [0.717, 1.165) is 5.69 Å². The highest BCUT2D eigenvalue weighted by Crippen LogP contribution is 2.24. The van der Waals surface area contributed by atoms with E-state index in [9.17, 15) is 0 Å². The Morgan fingerprint density at radius 3 is 1.86 bits per heavy atom. The van der Waals surface area contributed by atoms with Gasteiger partial charge in [-0.3, -0.25) is 0 Å². The van der Waals surface area contributed by atoms with Crippen molar-refractivity contribution in [2.75, 3.05) is 5.73 Å². The monoisotopic (exact) mass is 291 g/mol. The molecule has 114 valence electrons. The van der Waals surface area contributed by atoms with Crippen LogP contribution in [0.15, 0.2) is 79.4 Å². The maximum atomic E-state index is 5.70. The summed E-state index contributed by atoms with van der Waals surface area (Å²) in [5.74, 6) is 0. The summed E-state index contributed by atoms with van der Waals surface area (Å²) in [5.41, 5.74) is 8.92. The molecule has 0 aromatic heterocycles. The molecule has 0 aliphatic carbocycles. The number of allylic oxidation sites excluding steroid dienone is 1. The normalized spacial score (nSPS) is 9.05. The Morgan fingerprint density at radius 2 is 1.27 bits per heavy atom. The van der Waals surface area contributed by atoms with Crippen molar-refractivity contribution < 1.29 is 0 Å². The quantitative estimate of drug-likeness (QED) is 0.413. The van der Waals surface area contributed by atoms with Crippen molar-refractivity contribution in [1.29, 1.82) is 0 Å². The molecule has 3 aromatic rings. The SMILES string of the molecule is C=CC.CC.Nc1ccc(-c2ccc3ccccc3c2)cc1. The summed E-state index contributed by atoms with van der Waals surface area (Å²) in [6, 6.07) is 22.9. The van der Waals surface area contributed by atoms with E-state index in [1.165, 1.54) is 21.9 Å². The van der Waals surface area contributed by atoms with E-state index in [1.54, 1.807) is 6.08 Å². The van der Waals surface area contributed by atoms with Gasteiger partial charge in [-0.25, -0.2) is 0 Å². The predicted molar refractivity (Wildman–Crippen MR) is 101 cm³/mol. The molecule has 22 heavy (non-hydrogen) atoms. The van der Waals surface area contributed by atoms with Crippen molar-refractivity contribution in [1.82, 2.24) is 0 Å². The van der Waals surface area contributed by atoms with Crippen LogP contribution in [0.1, 0.15) is 20.8 Å². The number of nitrogen functional groups attached to an aromatic ring is 1. The van der Waals surface area contributed by atoms with Gasteiger partial charge in [0.2, 0.25) is 0 Å². The third-order valence-corrected chi connectivity index (χ3v) is 2.99. The van der Waals surface area contributed by atoms with Crippen LogP contribution in [-0.4, -0.2) is 0 Å². The van der Waals surface area contributed by atoms with E-state index >= 15 is 0 Å². The van der Waals surface area contributed by atoms with Gasteiger partial charge in [0.1, 0.15) is 0 Å². The van der Waals surface area contributed by atoms with E-state index in [4.69, 9.17) is 5.73 Å². The zero-order valence-electron chi connectivity index (χ0n) is 13.7. The molecule has 2 N–H and O–H groups in total. The number of nitrogens with two attached hydrogens (primary N) is 1. The summed E-state index contributed by atoms with van der Waals surface area (Å²) in [5, 5.41) is 2.54. The summed E-state index contributed by atoms with van der Waals surface area (Å²) in [6.07, 6.45) is 1.75. The third-order valence-electron chi connectivity index (χ3n) is 2.99. The highest BCUT2D eigenvalue weighted by atomic mass is 14.5. The maximum Gasteiger partial charge on any atom is 0.0314 e. The van der Waals surface area contributed by atoms with Crippen LogP contribution in [0.2, 0.25) is 0 Å². The molecule has 0 radical (unpaired) electrons. The first-order valence-electron chi connectivity index (χ1n) is 7.66. The lowest BCUT2D eigenvalue weighted by atomic mass is 10.0. The molecule has 0 atom stereocenters. The molecule has 3 aromatic carbocycles. The van der Waals surface area contributed by atoms with Crippen LogP contribution in [0.25, 0.3) is 21.9 Å². The van der Waals surface area contributed by atoms with Gasteiger partial charge in [0, 0.05) is 5.69 Å². The summed E-state index contributed by atoms with van der Waals surface area (Å²) in [7, 11) is 0. The molecule has 0 aliphatic rings. The van der Waals surface area contributed by atoms with Crippen LogP contribution in [-0.2, 0) is 0 Å². The fraction of sp³-hybridized carbons (Fsp3) is 0.143. The molecule has 0 bridgehead atoms. The van der Waals surface area contributed by atoms with Crippen LogP contribution in [0.4, 0.5) is 5.69 Å². The summed E-state index contributed by atoms with van der Waals surface area (Å²) >= 11 is 0. The van der Waals surface area contributed by atoms with Crippen molar-refractivity contribution in [3.8, 4) is 11.1 Å². The Balaban J connectivity index is 0.000000435. The van der Waals surface area contributed by atoms with E-state index in [0.29, 0.717) is 0 Å². The smallest absolute Gasteiger partial charge is 0.0314 e. The lowest BCUT2D eigenvalue weighted by molar-refractivity contribution is 1.50. The van der Waals surface area contributed by atoms with Crippen LogP contribution < -0.4 is 5.73 Å². The molecule has 3 rings (SSSR count). The highest BCUT2D eigenvalue weighted by Gasteiger charge is 1.98. The second kappa shape index (κ2) is 9.41.